The van der Waals surface area contributed by atoms with E-state index >= 15 is 0 Å². The maximum Gasteiger partial charge on any atom is 0.454 e. The molecule has 124 valence electrons. The van der Waals surface area contributed by atoms with Gasteiger partial charge in [-0.1, -0.05) is 32.4 Å². The molecule has 3 nitrogen and oxygen atoms in total. The van der Waals surface area contributed by atoms with Crippen LogP contribution in [0.1, 0.15) is 31.1 Å². The summed E-state index contributed by atoms with van der Waals surface area (Å²) in [6.45, 7) is 9.75. The molecule has 0 radical (unpaired) electrons. The standard InChI is InChI=1S/C14H19ClF3NO2Si/c1-13(2,3)22(4,5)21-10-7-8(15)6-9(11(10)19)12(20)14(16,17)18/h6-7H,19H2,1-5H3. The highest BCUT2D eigenvalue weighted by Gasteiger charge is 2.42. The van der Waals surface area contributed by atoms with Crippen molar-refractivity contribution in [3.8, 4) is 5.75 Å². The summed E-state index contributed by atoms with van der Waals surface area (Å²) in [6.07, 6.45) is -5.02. The van der Waals surface area contributed by atoms with Crippen molar-refractivity contribution in [1.29, 1.82) is 0 Å². The first-order valence-electron chi connectivity index (χ1n) is 6.56. The van der Waals surface area contributed by atoms with E-state index in [-0.39, 0.29) is 21.5 Å². The summed E-state index contributed by atoms with van der Waals surface area (Å²) >= 11 is 5.82. The molecular weight excluding hydrogens is 335 g/mol. The molecule has 22 heavy (non-hydrogen) atoms. The third kappa shape index (κ3) is 3.95. The van der Waals surface area contributed by atoms with E-state index in [0.29, 0.717) is 0 Å². The van der Waals surface area contributed by atoms with Crippen LogP contribution in [-0.2, 0) is 0 Å². The van der Waals surface area contributed by atoms with Crippen molar-refractivity contribution in [2.45, 2.75) is 45.1 Å². The molecule has 0 bridgehead atoms. The van der Waals surface area contributed by atoms with Crippen LogP contribution in [0, 0.1) is 0 Å². The zero-order chi connectivity index (χ0) is 17.5. The summed E-state index contributed by atoms with van der Waals surface area (Å²) < 4.78 is 43.8. The average Bonchev–Trinajstić information content (AvgIpc) is 2.29. The molecule has 0 aliphatic rings. The van der Waals surface area contributed by atoms with Crippen LogP contribution in [-0.4, -0.2) is 20.3 Å². The van der Waals surface area contributed by atoms with Crippen molar-refractivity contribution in [1.82, 2.24) is 0 Å². The number of carbonyl (C=O) groups excluding carboxylic acids is 1. The second-order valence-corrected chi connectivity index (χ2v) is 11.7. The molecule has 0 saturated heterocycles. The summed E-state index contributed by atoms with van der Waals surface area (Å²) in [7, 11) is -2.33. The molecule has 8 heteroatoms. The fourth-order valence-electron chi connectivity index (χ4n) is 1.45. The molecule has 0 aliphatic carbocycles. The molecule has 0 amide bonds. The van der Waals surface area contributed by atoms with Gasteiger partial charge in [-0.3, -0.25) is 4.79 Å². The number of alkyl halides is 3. The molecule has 1 aromatic rings. The van der Waals surface area contributed by atoms with Crippen LogP contribution < -0.4 is 10.2 Å². The van der Waals surface area contributed by atoms with Crippen molar-refractivity contribution >= 4 is 31.4 Å². The van der Waals surface area contributed by atoms with Gasteiger partial charge in [-0.2, -0.15) is 13.2 Å². The zero-order valence-electron chi connectivity index (χ0n) is 13.1. The lowest BCUT2D eigenvalue weighted by Gasteiger charge is -2.37. The lowest BCUT2D eigenvalue weighted by Crippen LogP contribution is -2.44. The molecule has 1 rings (SSSR count). The van der Waals surface area contributed by atoms with E-state index in [9.17, 15) is 18.0 Å². The normalized spacial score (nSPS) is 13.1. The predicted octanol–water partition coefficient (Wildman–Crippen LogP) is 5.05. The lowest BCUT2D eigenvalue weighted by molar-refractivity contribution is -0.0884. The van der Waals surface area contributed by atoms with Crippen molar-refractivity contribution in [3.05, 3.63) is 22.7 Å². The first kappa shape index (κ1) is 18.8. The molecule has 1 aromatic carbocycles. The summed E-state index contributed by atoms with van der Waals surface area (Å²) in [5.74, 6) is -2.01. The summed E-state index contributed by atoms with van der Waals surface area (Å²) in [4.78, 5) is 11.4. The number of nitrogens with two attached hydrogens (primary N) is 1. The fraction of sp³-hybridized carbons (Fsp3) is 0.500. The van der Waals surface area contributed by atoms with Gasteiger partial charge in [0.05, 0.1) is 11.3 Å². The van der Waals surface area contributed by atoms with Crippen LogP contribution >= 0.6 is 11.6 Å². The van der Waals surface area contributed by atoms with Crippen molar-refractivity contribution in [2.75, 3.05) is 5.73 Å². The van der Waals surface area contributed by atoms with Crippen LogP contribution in [0.4, 0.5) is 18.9 Å². The van der Waals surface area contributed by atoms with Gasteiger partial charge in [0.1, 0.15) is 5.75 Å². The number of nitrogen functional groups attached to an aromatic ring is 1. The minimum Gasteiger partial charge on any atom is -0.542 e. The summed E-state index contributed by atoms with van der Waals surface area (Å²) in [6, 6.07) is 2.25. The minimum atomic E-state index is -5.02. The molecule has 0 aliphatic heterocycles. The Kier molecular flexibility index (Phi) is 4.94. The van der Waals surface area contributed by atoms with Crippen molar-refractivity contribution < 1.29 is 22.4 Å². The molecule has 0 aromatic heterocycles. The number of Topliss-reactive ketones (excluding diaryl/α,β-unsaturated/α-hetero) is 1. The third-order valence-corrected chi connectivity index (χ3v) is 8.34. The van der Waals surface area contributed by atoms with Gasteiger partial charge in [-0.15, -0.1) is 0 Å². The lowest BCUT2D eigenvalue weighted by atomic mass is 10.1. The molecule has 0 fully saturated rings. The quantitative estimate of drug-likeness (QED) is 0.470. The summed E-state index contributed by atoms with van der Waals surface area (Å²) in [5.41, 5.74) is 4.70. The van der Waals surface area contributed by atoms with Gasteiger partial charge in [-0.05, 0) is 30.3 Å². The molecule has 0 spiro atoms. The van der Waals surface area contributed by atoms with Crippen LogP contribution in [0.2, 0.25) is 23.2 Å². The second-order valence-electron chi connectivity index (χ2n) is 6.55. The Morgan fingerprint density at radius 1 is 1.23 bits per heavy atom. The number of hydrogen-bond donors (Lipinski definition) is 1. The zero-order valence-corrected chi connectivity index (χ0v) is 14.8. The van der Waals surface area contributed by atoms with Gasteiger partial charge in [0.15, 0.2) is 0 Å². The van der Waals surface area contributed by atoms with E-state index in [1.807, 2.05) is 33.9 Å². The minimum absolute atomic E-state index is 0.0201. The van der Waals surface area contributed by atoms with Gasteiger partial charge >= 0.3 is 6.18 Å². The number of hydrogen-bond acceptors (Lipinski definition) is 3. The molecule has 0 saturated carbocycles. The van der Waals surface area contributed by atoms with E-state index < -0.39 is 25.8 Å². The molecule has 2 N–H and O–H groups in total. The van der Waals surface area contributed by atoms with Gasteiger partial charge in [0.2, 0.25) is 0 Å². The monoisotopic (exact) mass is 353 g/mol. The van der Waals surface area contributed by atoms with E-state index in [2.05, 4.69) is 0 Å². The van der Waals surface area contributed by atoms with E-state index in [1.54, 1.807) is 0 Å². The highest BCUT2D eigenvalue weighted by Crippen LogP contribution is 2.41. The number of carbonyl (C=O) groups is 1. The SMILES string of the molecule is CC(C)(C)[Si](C)(C)Oc1cc(Cl)cc(C(=O)C(F)(F)F)c1N. The number of ketones is 1. The van der Waals surface area contributed by atoms with E-state index in [0.717, 1.165) is 6.07 Å². The van der Waals surface area contributed by atoms with Gasteiger partial charge in [0.25, 0.3) is 14.1 Å². The molecule has 0 heterocycles. The average molecular weight is 354 g/mol. The molecule has 0 atom stereocenters. The molecular formula is C14H19ClF3NO2Si. The maximum absolute atomic E-state index is 12.6. The smallest absolute Gasteiger partial charge is 0.454 e. The predicted molar refractivity (Wildman–Crippen MR) is 84.1 cm³/mol. The fourth-order valence-corrected chi connectivity index (χ4v) is 2.68. The van der Waals surface area contributed by atoms with Crippen LogP contribution in [0.5, 0.6) is 5.75 Å². The van der Waals surface area contributed by atoms with Crippen LogP contribution in [0.25, 0.3) is 0 Å². The molecule has 0 unspecified atom stereocenters. The van der Waals surface area contributed by atoms with E-state index in [1.165, 1.54) is 6.07 Å². The Labute approximate surface area is 133 Å². The second kappa shape index (κ2) is 5.77. The van der Waals surface area contributed by atoms with Gasteiger partial charge in [-0.25, -0.2) is 0 Å². The van der Waals surface area contributed by atoms with Gasteiger partial charge in [0, 0.05) is 5.02 Å². The van der Waals surface area contributed by atoms with Crippen molar-refractivity contribution in [2.24, 2.45) is 0 Å². The summed E-state index contributed by atoms with van der Waals surface area (Å²) in [5, 5.41) is -0.217. The first-order chi connectivity index (χ1) is 9.67. The highest BCUT2D eigenvalue weighted by molar-refractivity contribution is 6.74. The number of benzene rings is 1. The first-order valence-corrected chi connectivity index (χ1v) is 9.85. The Morgan fingerprint density at radius 2 is 1.73 bits per heavy atom. The van der Waals surface area contributed by atoms with Crippen molar-refractivity contribution in [3.63, 3.8) is 0 Å². The Morgan fingerprint density at radius 3 is 2.14 bits per heavy atom. The maximum atomic E-state index is 12.6. The topological polar surface area (TPSA) is 52.3 Å². The largest absolute Gasteiger partial charge is 0.542 e. The Hall–Kier alpha value is -1.21. The van der Waals surface area contributed by atoms with Crippen LogP contribution in [0.15, 0.2) is 12.1 Å². The Balaban J connectivity index is 3.36. The Bertz CT molecular complexity index is 595. The number of anilines is 1. The van der Waals surface area contributed by atoms with Gasteiger partial charge < -0.3 is 10.2 Å². The van der Waals surface area contributed by atoms with Crippen LogP contribution in [0.3, 0.4) is 0 Å². The number of rotatable bonds is 3. The van der Waals surface area contributed by atoms with E-state index in [4.69, 9.17) is 21.8 Å². The highest BCUT2D eigenvalue weighted by atomic mass is 35.5. The third-order valence-electron chi connectivity index (χ3n) is 3.78. The number of halogens is 4.